The maximum absolute atomic E-state index is 6.19. The number of nitrogen functional groups attached to an aromatic ring is 1. The molecule has 5 rings (SSSR count). The Hall–Kier alpha value is -3.85. The fraction of sp³-hybridized carbons (Fsp3) is 0. The summed E-state index contributed by atoms with van der Waals surface area (Å²) in [4.78, 5) is 5.00. The SMILES string of the molecule is Nc1ccccc1-c1ccc2c(c1)nc(-c1ccccc1)n2-c1ccccc1. The summed E-state index contributed by atoms with van der Waals surface area (Å²) in [5.41, 5.74) is 13.3. The summed E-state index contributed by atoms with van der Waals surface area (Å²) >= 11 is 0. The molecule has 3 nitrogen and oxygen atoms in total. The van der Waals surface area contributed by atoms with Gasteiger partial charge in [-0.05, 0) is 35.9 Å². The van der Waals surface area contributed by atoms with Crippen LogP contribution in [-0.2, 0) is 0 Å². The number of hydrogen-bond acceptors (Lipinski definition) is 2. The predicted octanol–water partition coefficient (Wildman–Crippen LogP) is 5.94. The van der Waals surface area contributed by atoms with Crippen LogP contribution in [-0.4, -0.2) is 9.55 Å². The molecule has 0 aliphatic heterocycles. The van der Waals surface area contributed by atoms with E-state index in [0.717, 1.165) is 44.9 Å². The second kappa shape index (κ2) is 6.71. The normalized spacial score (nSPS) is 11.0. The van der Waals surface area contributed by atoms with E-state index < -0.39 is 0 Å². The Balaban J connectivity index is 1.78. The molecule has 0 saturated carbocycles. The molecule has 1 heterocycles. The lowest BCUT2D eigenvalue weighted by atomic mass is 10.0. The van der Waals surface area contributed by atoms with Gasteiger partial charge in [0.15, 0.2) is 0 Å². The van der Waals surface area contributed by atoms with Gasteiger partial charge in [0.2, 0.25) is 0 Å². The Morgan fingerprint density at radius 3 is 2.07 bits per heavy atom. The van der Waals surface area contributed by atoms with Crippen LogP contribution in [0.3, 0.4) is 0 Å². The van der Waals surface area contributed by atoms with Gasteiger partial charge < -0.3 is 5.73 Å². The molecule has 0 bridgehead atoms. The summed E-state index contributed by atoms with van der Waals surface area (Å²) in [6, 6.07) is 34.9. The molecule has 0 unspecified atom stereocenters. The molecule has 0 fully saturated rings. The number of hydrogen-bond donors (Lipinski definition) is 1. The minimum absolute atomic E-state index is 0.771. The quantitative estimate of drug-likeness (QED) is 0.404. The monoisotopic (exact) mass is 361 g/mol. The van der Waals surface area contributed by atoms with Gasteiger partial charge in [0.1, 0.15) is 5.82 Å². The summed E-state index contributed by atoms with van der Waals surface area (Å²) in [5.74, 6) is 0.931. The van der Waals surface area contributed by atoms with Crippen molar-refractivity contribution in [2.45, 2.75) is 0 Å². The lowest BCUT2D eigenvalue weighted by molar-refractivity contribution is 1.10. The number of imidazole rings is 1. The van der Waals surface area contributed by atoms with Crippen molar-refractivity contribution in [1.82, 2.24) is 9.55 Å². The van der Waals surface area contributed by atoms with Crippen LogP contribution in [0, 0.1) is 0 Å². The summed E-state index contributed by atoms with van der Waals surface area (Å²) in [6.07, 6.45) is 0. The molecule has 0 aliphatic carbocycles. The Bertz CT molecular complexity index is 1260. The average molecular weight is 361 g/mol. The van der Waals surface area contributed by atoms with Crippen molar-refractivity contribution in [3.8, 4) is 28.2 Å². The van der Waals surface area contributed by atoms with E-state index >= 15 is 0 Å². The third-order valence-corrected chi connectivity index (χ3v) is 4.97. The third-order valence-electron chi connectivity index (χ3n) is 4.97. The maximum Gasteiger partial charge on any atom is 0.145 e. The van der Waals surface area contributed by atoms with E-state index in [9.17, 15) is 0 Å². The first-order valence-corrected chi connectivity index (χ1v) is 9.29. The zero-order valence-corrected chi connectivity index (χ0v) is 15.3. The van der Waals surface area contributed by atoms with Gasteiger partial charge in [-0.15, -0.1) is 0 Å². The van der Waals surface area contributed by atoms with Crippen LogP contribution in [0.25, 0.3) is 39.2 Å². The van der Waals surface area contributed by atoms with Gasteiger partial charge in [-0.25, -0.2) is 4.98 Å². The van der Waals surface area contributed by atoms with Crippen LogP contribution >= 0.6 is 0 Å². The highest BCUT2D eigenvalue weighted by Crippen LogP contribution is 2.32. The molecule has 4 aromatic carbocycles. The number of benzene rings is 4. The van der Waals surface area contributed by atoms with Crippen molar-refractivity contribution in [1.29, 1.82) is 0 Å². The van der Waals surface area contributed by atoms with E-state index in [1.54, 1.807) is 0 Å². The van der Waals surface area contributed by atoms with Crippen molar-refractivity contribution in [3.05, 3.63) is 103 Å². The highest BCUT2D eigenvalue weighted by Gasteiger charge is 2.15. The van der Waals surface area contributed by atoms with Crippen molar-refractivity contribution in [2.75, 3.05) is 5.73 Å². The van der Waals surface area contributed by atoms with E-state index in [2.05, 4.69) is 59.2 Å². The van der Waals surface area contributed by atoms with Crippen LogP contribution in [0.15, 0.2) is 103 Å². The van der Waals surface area contributed by atoms with Gasteiger partial charge in [-0.2, -0.15) is 0 Å². The van der Waals surface area contributed by atoms with Crippen LogP contribution in [0.5, 0.6) is 0 Å². The summed E-state index contributed by atoms with van der Waals surface area (Å²) in [5, 5.41) is 0. The third kappa shape index (κ3) is 2.74. The summed E-state index contributed by atoms with van der Waals surface area (Å²) in [7, 11) is 0. The van der Waals surface area contributed by atoms with Crippen molar-refractivity contribution < 1.29 is 0 Å². The lowest BCUT2D eigenvalue weighted by Crippen LogP contribution is -1.97. The Morgan fingerprint density at radius 2 is 1.32 bits per heavy atom. The Kier molecular flexibility index (Phi) is 3.91. The molecule has 1 aromatic heterocycles. The van der Waals surface area contributed by atoms with Crippen LogP contribution in [0.4, 0.5) is 5.69 Å². The number of aromatic nitrogens is 2. The summed E-state index contributed by atoms with van der Waals surface area (Å²) in [6.45, 7) is 0. The number of anilines is 1. The van der Waals surface area contributed by atoms with Gasteiger partial charge in [0.05, 0.1) is 11.0 Å². The lowest BCUT2D eigenvalue weighted by Gasteiger charge is -2.10. The first-order valence-electron chi connectivity index (χ1n) is 9.29. The van der Waals surface area contributed by atoms with Crippen molar-refractivity contribution in [2.24, 2.45) is 0 Å². The first-order chi connectivity index (χ1) is 13.8. The Labute approximate surface area is 163 Å². The molecule has 28 heavy (non-hydrogen) atoms. The average Bonchev–Trinajstić information content (AvgIpc) is 3.14. The van der Waals surface area contributed by atoms with Gasteiger partial charge in [-0.1, -0.05) is 72.8 Å². The minimum atomic E-state index is 0.771. The van der Waals surface area contributed by atoms with E-state index in [-0.39, 0.29) is 0 Å². The van der Waals surface area contributed by atoms with Crippen LogP contribution < -0.4 is 5.73 Å². The van der Waals surface area contributed by atoms with Crippen LogP contribution in [0.1, 0.15) is 0 Å². The molecular formula is C25H19N3. The highest BCUT2D eigenvalue weighted by atomic mass is 15.1. The smallest absolute Gasteiger partial charge is 0.145 e. The van der Waals surface area contributed by atoms with E-state index in [0.29, 0.717) is 0 Å². The summed E-state index contributed by atoms with van der Waals surface area (Å²) < 4.78 is 2.21. The van der Waals surface area contributed by atoms with Gasteiger partial charge in [0.25, 0.3) is 0 Å². The zero-order chi connectivity index (χ0) is 18.9. The maximum atomic E-state index is 6.19. The van der Waals surface area contributed by atoms with E-state index in [1.165, 1.54) is 0 Å². The van der Waals surface area contributed by atoms with Crippen LogP contribution in [0.2, 0.25) is 0 Å². The standard InChI is InChI=1S/C25H19N3/c26-22-14-8-7-13-21(22)19-15-16-24-23(17-19)27-25(18-9-3-1-4-10-18)28(24)20-11-5-2-6-12-20/h1-17H,26H2. The zero-order valence-electron chi connectivity index (χ0n) is 15.3. The molecule has 5 aromatic rings. The number of rotatable bonds is 3. The fourth-order valence-electron chi connectivity index (χ4n) is 3.63. The highest BCUT2D eigenvalue weighted by molar-refractivity contribution is 5.89. The largest absolute Gasteiger partial charge is 0.398 e. The predicted molar refractivity (Wildman–Crippen MR) is 116 cm³/mol. The van der Waals surface area contributed by atoms with Gasteiger partial charge >= 0.3 is 0 Å². The van der Waals surface area contributed by atoms with E-state index in [4.69, 9.17) is 10.7 Å². The molecule has 0 saturated heterocycles. The number of nitrogens with zero attached hydrogens (tertiary/aromatic N) is 2. The minimum Gasteiger partial charge on any atom is -0.398 e. The number of para-hydroxylation sites is 2. The molecule has 3 heteroatoms. The number of nitrogens with two attached hydrogens (primary N) is 1. The molecule has 0 radical (unpaired) electrons. The topological polar surface area (TPSA) is 43.8 Å². The molecular weight excluding hydrogens is 342 g/mol. The number of fused-ring (bicyclic) bond motifs is 1. The molecule has 0 atom stereocenters. The van der Waals surface area contributed by atoms with Crippen molar-refractivity contribution >= 4 is 16.7 Å². The first kappa shape index (κ1) is 16.3. The fourth-order valence-corrected chi connectivity index (χ4v) is 3.63. The Morgan fingerprint density at radius 1 is 0.643 bits per heavy atom. The second-order valence-corrected chi connectivity index (χ2v) is 6.76. The molecule has 0 aliphatic rings. The molecule has 0 amide bonds. The van der Waals surface area contributed by atoms with Gasteiger partial charge in [-0.3, -0.25) is 4.57 Å². The molecule has 2 N–H and O–H groups in total. The van der Waals surface area contributed by atoms with E-state index in [1.807, 2.05) is 48.5 Å². The molecule has 134 valence electrons. The van der Waals surface area contributed by atoms with Crippen molar-refractivity contribution in [3.63, 3.8) is 0 Å². The van der Waals surface area contributed by atoms with Gasteiger partial charge in [0, 0.05) is 22.5 Å². The molecule has 0 spiro atoms. The second-order valence-electron chi connectivity index (χ2n) is 6.76.